The van der Waals surface area contributed by atoms with E-state index in [4.69, 9.17) is 12.2 Å². The third-order valence-corrected chi connectivity index (χ3v) is 4.18. The minimum Gasteiger partial charge on any atom is -0.271 e. The van der Waals surface area contributed by atoms with Crippen molar-refractivity contribution in [1.82, 2.24) is 20.0 Å². The normalized spacial score (nSPS) is 21.4. The predicted molar refractivity (Wildman–Crippen MR) is 74.8 cm³/mol. The van der Waals surface area contributed by atoms with Crippen molar-refractivity contribution in [1.29, 1.82) is 0 Å². The average Bonchev–Trinajstić information content (AvgIpc) is 3.04. The highest BCUT2D eigenvalue weighted by Crippen LogP contribution is 2.27. The number of nitrogens with one attached hydrogen (secondary N) is 1. The van der Waals surface area contributed by atoms with Gasteiger partial charge in [0, 0.05) is 5.38 Å². The summed E-state index contributed by atoms with van der Waals surface area (Å²) in [6.45, 7) is 0. The van der Waals surface area contributed by atoms with Crippen LogP contribution in [0.15, 0.2) is 21.9 Å². The van der Waals surface area contributed by atoms with Gasteiger partial charge in [0.15, 0.2) is 5.69 Å². The zero-order chi connectivity index (χ0) is 13.4. The molecule has 0 aromatic carbocycles. The van der Waals surface area contributed by atoms with Crippen molar-refractivity contribution in [3.05, 3.63) is 22.6 Å². The molecule has 3 heterocycles. The highest BCUT2D eigenvalue weighted by atomic mass is 32.2. The summed E-state index contributed by atoms with van der Waals surface area (Å²) in [4.78, 5) is 28.1. The van der Waals surface area contributed by atoms with E-state index in [1.54, 1.807) is 11.5 Å². The molecule has 0 saturated carbocycles. The van der Waals surface area contributed by atoms with E-state index >= 15 is 0 Å². The number of aliphatic imine (C=N–C) groups is 1. The highest BCUT2D eigenvalue weighted by Gasteiger charge is 2.38. The van der Waals surface area contributed by atoms with Gasteiger partial charge >= 0.3 is 0 Å². The van der Waals surface area contributed by atoms with Crippen LogP contribution in [-0.4, -0.2) is 42.5 Å². The summed E-state index contributed by atoms with van der Waals surface area (Å²) in [7, 11) is 0. The Kier molecular flexibility index (Phi) is 3.12. The number of amides is 2. The first kappa shape index (κ1) is 12.4. The SMILES string of the molecule is O=C(NN1C(=O)C2SC=CC2=NC1=S)c1csnn1. The van der Waals surface area contributed by atoms with Crippen LogP contribution in [0.4, 0.5) is 0 Å². The van der Waals surface area contributed by atoms with Gasteiger partial charge < -0.3 is 0 Å². The Bertz CT molecular complexity index is 624. The molecule has 0 radical (unpaired) electrons. The molecule has 0 aliphatic carbocycles. The molecule has 1 aromatic heterocycles. The molecule has 19 heavy (non-hydrogen) atoms. The van der Waals surface area contributed by atoms with Gasteiger partial charge in [-0.2, -0.15) is 5.01 Å². The molecule has 0 saturated heterocycles. The predicted octanol–water partition coefficient (Wildman–Crippen LogP) is 0.380. The molecule has 1 atom stereocenters. The smallest absolute Gasteiger partial charge is 0.271 e. The number of hydrogen-bond acceptors (Lipinski definition) is 7. The van der Waals surface area contributed by atoms with Crippen LogP contribution in [0.2, 0.25) is 0 Å². The van der Waals surface area contributed by atoms with Crippen molar-refractivity contribution in [3.8, 4) is 0 Å². The number of thioether (sulfide) groups is 1. The molecule has 2 aliphatic heterocycles. The van der Waals surface area contributed by atoms with Crippen molar-refractivity contribution in [3.63, 3.8) is 0 Å². The summed E-state index contributed by atoms with van der Waals surface area (Å²) in [6, 6.07) is 0. The Labute approximate surface area is 120 Å². The molecular formula is C9H5N5O2S3. The third-order valence-electron chi connectivity index (χ3n) is 2.39. The quantitative estimate of drug-likeness (QED) is 0.795. The summed E-state index contributed by atoms with van der Waals surface area (Å²) in [5.41, 5.74) is 3.14. The molecule has 0 bridgehead atoms. The van der Waals surface area contributed by atoms with E-state index in [0.717, 1.165) is 16.5 Å². The molecule has 10 heteroatoms. The average molecular weight is 311 g/mol. The highest BCUT2D eigenvalue weighted by molar-refractivity contribution is 8.04. The Morgan fingerprint density at radius 2 is 2.37 bits per heavy atom. The van der Waals surface area contributed by atoms with Crippen LogP contribution in [0.5, 0.6) is 0 Å². The number of aromatic nitrogens is 2. The summed E-state index contributed by atoms with van der Waals surface area (Å²) in [6.07, 6.45) is 1.74. The zero-order valence-electron chi connectivity index (χ0n) is 9.14. The maximum Gasteiger partial charge on any atom is 0.291 e. The number of carbonyl (C=O) groups is 2. The number of hydrogen-bond donors (Lipinski definition) is 1. The van der Waals surface area contributed by atoms with Crippen LogP contribution in [0.3, 0.4) is 0 Å². The molecule has 3 rings (SSSR count). The maximum atomic E-state index is 12.2. The van der Waals surface area contributed by atoms with Gasteiger partial charge in [-0.3, -0.25) is 15.0 Å². The molecule has 1 N–H and O–H groups in total. The van der Waals surface area contributed by atoms with Gasteiger partial charge in [-0.1, -0.05) is 4.49 Å². The molecule has 7 nitrogen and oxygen atoms in total. The fourth-order valence-corrected chi connectivity index (χ4v) is 3.07. The van der Waals surface area contributed by atoms with Crippen molar-refractivity contribution in [2.75, 3.05) is 0 Å². The van der Waals surface area contributed by atoms with Crippen LogP contribution in [0.25, 0.3) is 0 Å². The monoisotopic (exact) mass is 311 g/mol. The van der Waals surface area contributed by atoms with Gasteiger partial charge in [-0.15, -0.1) is 16.9 Å². The van der Waals surface area contributed by atoms with Crippen LogP contribution in [-0.2, 0) is 4.79 Å². The first-order valence-electron chi connectivity index (χ1n) is 5.03. The fourth-order valence-electron chi connectivity index (χ4n) is 1.52. The molecule has 1 unspecified atom stereocenters. The summed E-state index contributed by atoms with van der Waals surface area (Å²) in [5.74, 6) is -0.861. The lowest BCUT2D eigenvalue weighted by Crippen LogP contribution is -2.55. The van der Waals surface area contributed by atoms with Gasteiger partial charge in [0.2, 0.25) is 5.11 Å². The molecule has 0 fully saturated rings. The third kappa shape index (κ3) is 2.17. The van der Waals surface area contributed by atoms with Crippen LogP contribution >= 0.6 is 35.5 Å². The standard InChI is InChI=1S/C9H5N5O2S3/c15-7(5-3-19-13-11-5)12-14-8(16)6-4(1-2-18-6)10-9(14)17/h1-3,6H,(H,12,15). The molecule has 1 aromatic rings. The number of fused-ring (bicyclic) bond motifs is 1. The van der Waals surface area contributed by atoms with Crippen molar-refractivity contribution in [2.24, 2.45) is 4.99 Å². The van der Waals surface area contributed by atoms with E-state index in [-0.39, 0.29) is 16.7 Å². The second kappa shape index (κ2) is 4.79. The lowest BCUT2D eigenvalue weighted by atomic mass is 10.2. The first-order valence-corrected chi connectivity index (χ1v) is 7.22. The van der Waals surface area contributed by atoms with Crippen molar-refractivity contribution in [2.45, 2.75) is 5.25 Å². The van der Waals surface area contributed by atoms with Crippen LogP contribution in [0.1, 0.15) is 10.5 Å². The van der Waals surface area contributed by atoms with Gasteiger partial charge in [-0.05, 0) is 35.2 Å². The number of carbonyl (C=O) groups excluding carboxylic acids is 2. The minimum absolute atomic E-state index is 0.0138. The summed E-state index contributed by atoms with van der Waals surface area (Å²) in [5, 5.41) is 7.42. The Morgan fingerprint density at radius 1 is 1.53 bits per heavy atom. The Balaban J connectivity index is 1.81. The van der Waals surface area contributed by atoms with E-state index in [0.29, 0.717) is 5.71 Å². The largest absolute Gasteiger partial charge is 0.291 e. The van der Waals surface area contributed by atoms with E-state index in [9.17, 15) is 9.59 Å². The van der Waals surface area contributed by atoms with E-state index in [1.807, 2.05) is 0 Å². The van der Waals surface area contributed by atoms with Crippen molar-refractivity contribution >= 4 is 58.2 Å². The lowest BCUT2D eigenvalue weighted by Gasteiger charge is -2.27. The lowest BCUT2D eigenvalue weighted by molar-refractivity contribution is -0.127. The van der Waals surface area contributed by atoms with E-state index in [2.05, 4.69) is 20.0 Å². The van der Waals surface area contributed by atoms with Crippen LogP contribution < -0.4 is 5.43 Å². The number of hydrazine groups is 1. The Morgan fingerprint density at radius 3 is 3.11 bits per heavy atom. The molecule has 2 aliphatic rings. The molecule has 2 amide bonds. The van der Waals surface area contributed by atoms with Gasteiger partial charge in [0.25, 0.3) is 11.8 Å². The number of thiocarbonyl (C=S) groups is 1. The van der Waals surface area contributed by atoms with Crippen molar-refractivity contribution < 1.29 is 9.59 Å². The first-order chi connectivity index (χ1) is 9.16. The molecule has 0 spiro atoms. The minimum atomic E-state index is -0.543. The van der Waals surface area contributed by atoms with Gasteiger partial charge in [-0.25, -0.2) is 4.99 Å². The summed E-state index contributed by atoms with van der Waals surface area (Å²) < 4.78 is 3.58. The fraction of sp³-hybridized carbons (Fsp3) is 0.111. The molecule has 96 valence electrons. The second-order valence-corrected chi connectivity index (χ2v) is 5.53. The zero-order valence-corrected chi connectivity index (χ0v) is 11.6. The van der Waals surface area contributed by atoms with E-state index in [1.165, 1.54) is 17.1 Å². The van der Waals surface area contributed by atoms with Crippen LogP contribution in [0, 0.1) is 0 Å². The number of nitrogens with zero attached hydrogens (tertiary/aromatic N) is 4. The topological polar surface area (TPSA) is 87.5 Å². The van der Waals surface area contributed by atoms with E-state index < -0.39 is 11.2 Å². The maximum absolute atomic E-state index is 12.2. The second-order valence-electron chi connectivity index (χ2n) is 3.54. The number of allylic oxidation sites excluding steroid dienone is 1. The summed E-state index contributed by atoms with van der Waals surface area (Å²) >= 11 is 7.37. The van der Waals surface area contributed by atoms with Gasteiger partial charge in [0.1, 0.15) is 5.25 Å². The Hall–Kier alpha value is -1.65. The van der Waals surface area contributed by atoms with Gasteiger partial charge in [0.05, 0.1) is 5.71 Å². The number of rotatable bonds is 2. The molecular weight excluding hydrogens is 306 g/mol.